The summed E-state index contributed by atoms with van der Waals surface area (Å²) in [6, 6.07) is 11.3. The highest BCUT2D eigenvalue weighted by molar-refractivity contribution is 7.92. The van der Waals surface area contributed by atoms with Crippen molar-refractivity contribution in [3.05, 3.63) is 59.4 Å². The van der Waals surface area contributed by atoms with Crippen LogP contribution in [0, 0.1) is 19.7 Å². The molecule has 0 aliphatic carbocycles. The summed E-state index contributed by atoms with van der Waals surface area (Å²) >= 11 is 0. The fraction of sp³-hybridized carbons (Fsp3) is 0.278. The quantitative estimate of drug-likeness (QED) is 0.856. The van der Waals surface area contributed by atoms with Crippen molar-refractivity contribution in [2.24, 2.45) is 0 Å². The first-order valence-electron chi connectivity index (χ1n) is 7.77. The number of para-hydroxylation sites is 1. The molecule has 0 atom stereocenters. The van der Waals surface area contributed by atoms with Crippen molar-refractivity contribution < 1.29 is 17.6 Å². The molecule has 0 bridgehead atoms. The van der Waals surface area contributed by atoms with Crippen molar-refractivity contribution in [3.63, 3.8) is 0 Å². The second-order valence-corrected chi connectivity index (χ2v) is 7.87. The molecule has 134 valence electrons. The van der Waals surface area contributed by atoms with Gasteiger partial charge in [-0.2, -0.15) is 0 Å². The van der Waals surface area contributed by atoms with Crippen LogP contribution in [0.1, 0.15) is 17.5 Å². The number of carbonyl (C=O) groups is 1. The average molecular weight is 364 g/mol. The number of amides is 1. The fourth-order valence-electron chi connectivity index (χ4n) is 2.56. The highest BCUT2D eigenvalue weighted by atomic mass is 32.2. The molecule has 5 nitrogen and oxygen atoms in total. The highest BCUT2D eigenvalue weighted by Crippen LogP contribution is 2.22. The normalized spacial score (nSPS) is 11.2. The van der Waals surface area contributed by atoms with Crippen molar-refractivity contribution in [2.75, 3.05) is 22.4 Å². The second kappa shape index (κ2) is 7.65. The van der Waals surface area contributed by atoms with E-state index >= 15 is 0 Å². The number of sulfonamides is 1. The van der Waals surface area contributed by atoms with E-state index in [1.54, 1.807) is 18.2 Å². The first-order chi connectivity index (χ1) is 11.7. The average Bonchev–Trinajstić information content (AvgIpc) is 2.47. The van der Waals surface area contributed by atoms with E-state index in [4.69, 9.17) is 0 Å². The molecule has 0 unspecified atom stereocenters. The van der Waals surface area contributed by atoms with Crippen LogP contribution in [-0.4, -0.2) is 27.1 Å². The summed E-state index contributed by atoms with van der Waals surface area (Å²) < 4.78 is 39.0. The maximum absolute atomic E-state index is 13.6. The van der Waals surface area contributed by atoms with Gasteiger partial charge in [0.1, 0.15) is 5.82 Å². The molecule has 2 aromatic carbocycles. The molecule has 0 heterocycles. The van der Waals surface area contributed by atoms with Gasteiger partial charge in [0.2, 0.25) is 15.9 Å². The number of aryl methyl sites for hydroxylation is 2. The Kier molecular flexibility index (Phi) is 5.79. The first-order valence-corrected chi connectivity index (χ1v) is 9.62. The van der Waals surface area contributed by atoms with E-state index < -0.39 is 21.7 Å². The molecule has 1 amide bonds. The number of nitrogens with one attached hydrogen (secondary N) is 1. The van der Waals surface area contributed by atoms with Gasteiger partial charge in [-0.15, -0.1) is 0 Å². The van der Waals surface area contributed by atoms with Gasteiger partial charge in [-0.1, -0.05) is 18.2 Å². The number of hydrogen-bond acceptors (Lipinski definition) is 3. The number of anilines is 2. The predicted molar refractivity (Wildman–Crippen MR) is 97.8 cm³/mol. The van der Waals surface area contributed by atoms with Gasteiger partial charge in [-0.3, -0.25) is 9.10 Å². The Morgan fingerprint density at radius 2 is 1.72 bits per heavy atom. The van der Waals surface area contributed by atoms with Crippen LogP contribution in [0.3, 0.4) is 0 Å². The Morgan fingerprint density at radius 3 is 2.28 bits per heavy atom. The van der Waals surface area contributed by atoms with Gasteiger partial charge in [0, 0.05) is 13.0 Å². The summed E-state index contributed by atoms with van der Waals surface area (Å²) in [7, 11) is -3.55. The molecule has 0 saturated carbocycles. The van der Waals surface area contributed by atoms with Gasteiger partial charge < -0.3 is 5.32 Å². The zero-order valence-corrected chi connectivity index (χ0v) is 15.2. The highest BCUT2D eigenvalue weighted by Gasteiger charge is 2.19. The summed E-state index contributed by atoms with van der Waals surface area (Å²) in [5.74, 6) is -0.992. The van der Waals surface area contributed by atoms with Crippen LogP contribution in [0.5, 0.6) is 0 Å². The van der Waals surface area contributed by atoms with Crippen LogP contribution in [-0.2, 0) is 14.8 Å². The smallest absolute Gasteiger partial charge is 0.232 e. The van der Waals surface area contributed by atoms with Crippen LogP contribution in [0.15, 0.2) is 42.5 Å². The molecular formula is C18H21FN2O3S. The largest absolute Gasteiger partial charge is 0.324 e. The van der Waals surface area contributed by atoms with Crippen molar-refractivity contribution in [1.82, 2.24) is 0 Å². The Hall–Kier alpha value is -2.41. The molecule has 0 fully saturated rings. The van der Waals surface area contributed by atoms with Crippen LogP contribution in [0.25, 0.3) is 0 Å². The van der Waals surface area contributed by atoms with E-state index in [0.29, 0.717) is 5.69 Å². The monoisotopic (exact) mass is 364 g/mol. The number of hydrogen-bond donors (Lipinski definition) is 1. The van der Waals surface area contributed by atoms with Gasteiger partial charge in [-0.05, 0) is 49.2 Å². The molecular weight excluding hydrogens is 343 g/mol. The number of rotatable bonds is 6. The molecule has 2 rings (SSSR count). The Morgan fingerprint density at radius 1 is 1.12 bits per heavy atom. The third-order valence-electron chi connectivity index (χ3n) is 3.58. The third-order valence-corrected chi connectivity index (χ3v) is 4.78. The lowest BCUT2D eigenvalue weighted by atomic mass is 10.1. The van der Waals surface area contributed by atoms with Crippen molar-refractivity contribution in [3.8, 4) is 0 Å². The maximum Gasteiger partial charge on any atom is 0.232 e. The third kappa shape index (κ3) is 5.29. The first kappa shape index (κ1) is 18.9. The summed E-state index contributed by atoms with van der Waals surface area (Å²) in [6.45, 7) is 3.73. The Balaban J connectivity index is 2.13. The minimum absolute atomic E-state index is 0.0258. The predicted octanol–water partition coefficient (Wildman–Crippen LogP) is 3.24. The van der Waals surface area contributed by atoms with Crippen molar-refractivity contribution in [2.45, 2.75) is 20.3 Å². The van der Waals surface area contributed by atoms with E-state index in [0.717, 1.165) is 17.4 Å². The molecule has 25 heavy (non-hydrogen) atoms. The van der Waals surface area contributed by atoms with E-state index in [-0.39, 0.29) is 18.7 Å². The summed E-state index contributed by atoms with van der Waals surface area (Å²) in [4.78, 5) is 12.1. The lowest BCUT2D eigenvalue weighted by molar-refractivity contribution is -0.116. The van der Waals surface area contributed by atoms with Gasteiger partial charge >= 0.3 is 0 Å². The SMILES string of the molecule is Cc1cc(C)cc(N(CCC(=O)Nc2ccccc2F)S(C)(=O)=O)c1. The number of halogens is 1. The molecule has 0 aliphatic rings. The summed E-state index contributed by atoms with van der Waals surface area (Å²) in [6.07, 6.45) is 1.01. The van der Waals surface area contributed by atoms with E-state index in [1.807, 2.05) is 19.9 Å². The Bertz CT molecular complexity index is 861. The molecule has 2 aromatic rings. The van der Waals surface area contributed by atoms with Crippen LogP contribution < -0.4 is 9.62 Å². The molecule has 0 radical (unpaired) electrons. The Labute approximate surface area is 147 Å². The van der Waals surface area contributed by atoms with Gasteiger partial charge in [0.15, 0.2) is 0 Å². The van der Waals surface area contributed by atoms with Gasteiger partial charge in [0.25, 0.3) is 0 Å². The molecule has 0 saturated heterocycles. The number of benzene rings is 2. The van der Waals surface area contributed by atoms with Gasteiger partial charge in [-0.25, -0.2) is 12.8 Å². The van der Waals surface area contributed by atoms with Crippen molar-refractivity contribution >= 4 is 27.3 Å². The van der Waals surface area contributed by atoms with Crippen LogP contribution in [0.2, 0.25) is 0 Å². The molecule has 0 aromatic heterocycles. The summed E-state index contributed by atoms with van der Waals surface area (Å²) in [5.41, 5.74) is 2.45. The topological polar surface area (TPSA) is 66.5 Å². The zero-order valence-electron chi connectivity index (χ0n) is 14.4. The lowest BCUT2D eigenvalue weighted by Crippen LogP contribution is -2.33. The molecule has 0 aliphatic heterocycles. The molecule has 0 spiro atoms. The lowest BCUT2D eigenvalue weighted by Gasteiger charge is -2.23. The minimum atomic E-state index is -3.55. The number of nitrogens with zero attached hydrogens (tertiary/aromatic N) is 1. The van der Waals surface area contributed by atoms with Crippen LogP contribution in [0.4, 0.5) is 15.8 Å². The fourth-order valence-corrected chi connectivity index (χ4v) is 3.47. The van der Waals surface area contributed by atoms with E-state index in [9.17, 15) is 17.6 Å². The minimum Gasteiger partial charge on any atom is -0.324 e. The number of carbonyl (C=O) groups excluding carboxylic acids is 1. The maximum atomic E-state index is 13.6. The zero-order chi connectivity index (χ0) is 18.6. The standard InChI is InChI=1S/C18H21FN2O3S/c1-13-10-14(2)12-15(11-13)21(25(3,23)24)9-8-18(22)20-17-7-5-4-6-16(17)19/h4-7,10-12H,8-9H2,1-3H3,(H,20,22). The van der Waals surface area contributed by atoms with Crippen molar-refractivity contribution in [1.29, 1.82) is 0 Å². The van der Waals surface area contributed by atoms with Crippen LogP contribution >= 0.6 is 0 Å². The van der Waals surface area contributed by atoms with Gasteiger partial charge in [0.05, 0.1) is 17.6 Å². The molecule has 1 N–H and O–H groups in total. The van der Waals surface area contributed by atoms with E-state index in [1.165, 1.54) is 22.5 Å². The molecule has 7 heteroatoms. The summed E-state index contributed by atoms with van der Waals surface area (Å²) in [5, 5.41) is 2.46. The second-order valence-electron chi connectivity index (χ2n) is 5.96. The van der Waals surface area contributed by atoms with E-state index in [2.05, 4.69) is 5.32 Å².